The van der Waals surface area contributed by atoms with Gasteiger partial charge in [-0.1, -0.05) is 24.6 Å². The number of aryl methyl sites for hydroxylation is 1. The van der Waals surface area contributed by atoms with E-state index in [1.54, 1.807) is 37.3 Å². The number of benzene rings is 2. The molecule has 30 heavy (non-hydrogen) atoms. The van der Waals surface area contributed by atoms with E-state index in [1.165, 1.54) is 23.5 Å². The first-order valence-electron chi connectivity index (χ1n) is 9.87. The third kappa shape index (κ3) is 4.39. The van der Waals surface area contributed by atoms with E-state index in [0.717, 1.165) is 19.3 Å². The molecule has 1 heterocycles. The first-order chi connectivity index (χ1) is 14.3. The van der Waals surface area contributed by atoms with Gasteiger partial charge in [-0.3, -0.25) is 4.79 Å². The summed E-state index contributed by atoms with van der Waals surface area (Å²) in [5.41, 5.74) is 1.39. The fourth-order valence-corrected chi connectivity index (χ4v) is 5.37. The van der Waals surface area contributed by atoms with Crippen LogP contribution in [-0.4, -0.2) is 44.3 Å². The predicted molar refractivity (Wildman–Crippen MR) is 114 cm³/mol. The van der Waals surface area contributed by atoms with Crippen LogP contribution in [0.1, 0.15) is 52.5 Å². The lowest BCUT2D eigenvalue weighted by Gasteiger charge is -2.32. The molecule has 0 spiro atoms. The van der Waals surface area contributed by atoms with Crippen molar-refractivity contribution in [1.82, 2.24) is 4.31 Å². The number of rotatable bonds is 5. The second-order valence-electron chi connectivity index (χ2n) is 7.43. The molecule has 0 saturated carbocycles. The van der Waals surface area contributed by atoms with Gasteiger partial charge in [-0.15, -0.1) is 0 Å². The highest BCUT2D eigenvalue weighted by Crippen LogP contribution is 2.27. The van der Waals surface area contributed by atoms with E-state index in [2.05, 4.69) is 5.32 Å². The zero-order valence-corrected chi connectivity index (χ0v) is 18.2. The highest BCUT2D eigenvalue weighted by atomic mass is 32.2. The molecule has 0 bridgehead atoms. The Labute approximate surface area is 177 Å². The Hall–Kier alpha value is -2.71. The van der Waals surface area contributed by atoms with Crippen molar-refractivity contribution in [3.8, 4) is 0 Å². The van der Waals surface area contributed by atoms with Crippen LogP contribution in [0.5, 0.6) is 0 Å². The Balaban J connectivity index is 1.93. The summed E-state index contributed by atoms with van der Waals surface area (Å²) in [6, 6.07) is 11.0. The van der Waals surface area contributed by atoms with Gasteiger partial charge in [0.05, 0.1) is 23.3 Å². The van der Waals surface area contributed by atoms with Gasteiger partial charge in [0.1, 0.15) is 0 Å². The van der Waals surface area contributed by atoms with Crippen LogP contribution in [0.3, 0.4) is 0 Å². The van der Waals surface area contributed by atoms with Crippen molar-refractivity contribution in [2.45, 2.75) is 44.0 Å². The number of amides is 1. The van der Waals surface area contributed by atoms with Crippen LogP contribution in [-0.2, 0) is 14.8 Å². The van der Waals surface area contributed by atoms with Crippen molar-refractivity contribution in [3.05, 3.63) is 59.2 Å². The Kier molecular flexibility index (Phi) is 6.58. The van der Waals surface area contributed by atoms with E-state index in [0.29, 0.717) is 17.8 Å². The minimum atomic E-state index is -3.70. The summed E-state index contributed by atoms with van der Waals surface area (Å²) in [6.45, 7) is 4.12. The molecule has 1 aliphatic rings. The van der Waals surface area contributed by atoms with Crippen LogP contribution in [0, 0.1) is 6.92 Å². The lowest BCUT2D eigenvalue weighted by Crippen LogP contribution is -2.42. The summed E-state index contributed by atoms with van der Waals surface area (Å²) in [4.78, 5) is 25.0. The number of sulfonamides is 1. The van der Waals surface area contributed by atoms with Crippen molar-refractivity contribution >= 4 is 27.6 Å². The Bertz CT molecular complexity index is 1060. The smallest absolute Gasteiger partial charge is 0.339 e. The van der Waals surface area contributed by atoms with Gasteiger partial charge in [0.25, 0.3) is 5.91 Å². The summed E-state index contributed by atoms with van der Waals surface area (Å²) in [6.07, 6.45) is 2.66. The number of anilines is 1. The topological polar surface area (TPSA) is 92.8 Å². The first kappa shape index (κ1) is 22.0. The number of hydrogen-bond acceptors (Lipinski definition) is 5. The maximum absolute atomic E-state index is 13.2. The number of ether oxygens (including phenoxy) is 1. The van der Waals surface area contributed by atoms with E-state index < -0.39 is 21.9 Å². The highest BCUT2D eigenvalue weighted by molar-refractivity contribution is 7.89. The highest BCUT2D eigenvalue weighted by Gasteiger charge is 2.31. The van der Waals surface area contributed by atoms with Gasteiger partial charge < -0.3 is 10.1 Å². The van der Waals surface area contributed by atoms with Crippen LogP contribution in [0.25, 0.3) is 0 Å². The van der Waals surface area contributed by atoms with Crippen LogP contribution < -0.4 is 5.32 Å². The average Bonchev–Trinajstić information content (AvgIpc) is 2.73. The molecule has 1 saturated heterocycles. The molecule has 160 valence electrons. The fourth-order valence-electron chi connectivity index (χ4n) is 3.64. The molecular weight excluding hydrogens is 404 g/mol. The van der Waals surface area contributed by atoms with Crippen molar-refractivity contribution in [3.63, 3.8) is 0 Å². The number of hydrogen-bond donors (Lipinski definition) is 1. The van der Waals surface area contributed by atoms with E-state index in [1.807, 2.05) is 6.92 Å². The number of nitrogens with zero attached hydrogens (tertiary/aromatic N) is 1. The number of carbonyl (C=O) groups is 2. The fraction of sp³-hybridized carbons (Fsp3) is 0.364. The number of carbonyl (C=O) groups excluding carboxylic acids is 2. The summed E-state index contributed by atoms with van der Waals surface area (Å²) in [5, 5.41) is 2.70. The number of esters is 1. The number of piperidine rings is 1. The quantitative estimate of drug-likeness (QED) is 0.732. The minimum Gasteiger partial charge on any atom is -0.465 e. The molecule has 1 N–H and O–H groups in total. The van der Waals surface area contributed by atoms with Gasteiger partial charge in [0, 0.05) is 18.2 Å². The molecule has 8 heteroatoms. The summed E-state index contributed by atoms with van der Waals surface area (Å²) < 4.78 is 32.6. The van der Waals surface area contributed by atoms with Crippen molar-refractivity contribution in [2.75, 3.05) is 19.0 Å². The van der Waals surface area contributed by atoms with E-state index in [4.69, 9.17) is 4.74 Å². The van der Waals surface area contributed by atoms with Crippen molar-refractivity contribution < 1.29 is 22.7 Å². The Morgan fingerprint density at radius 2 is 1.83 bits per heavy atom. The molecule has 0 radical (unpaired) electrons. The van der Waals surface area contributed by atoms with Gasteiger partial charge in [-0.2, -0.15) is 4.31 Å². The lowest BCUT2D eigenvalue weighted by atomic mass is 10.1. The Morgan fingerprint density at radius 3 is 2.53 bits per heavy atom. The SMILES string of the molecule is COC(=O)c1ccccc1NC(=O)c1cc(S(=O)(=O)N2CCCCC2C)ccc1C. The van der Waals surface area contributed by atoms with Crippen LogP contribution in [0.15, 0.2) is 47.4 Å². The monoisotopic (exact) mass is 430 g/mol. The molecule has 2 aromatic carbocycles. The van der Waals surface area contributed by atoms with E-state index >= 15 is 0 Å². The van der Waals surface area contributed by atoms with E-state index in [9.17, 15) is 18.0 Å². The predicted octanol–water partition coefficient (Wildman–Crippen LogP) is 3.60. The summed E-state index contributed by atoms with van der Waals surface area (Å²) in [7, 11) is -2.44. The zero-order valence-electron chi connectivity index (χ0n) is 17.3. The summed E-state index contributed by atoms with van der Waals surface area (Å²) in [5.74, 6) is -1.06. The standard InChI is InChI=1S/C22H26N2O5S/c1-15-11-12-17(30(27,28)24-13-7-6-8-16(24)2)14-19(15)21(25)23-20-10-5-4-9-18(20)22(26)29-3/h4-5,9-12,14,16H,6-8,13H2,1-3H3,(H,23,25). The lowest BCUT2D eigenvalue weighted by molar-refractivity contribution is 0.0602. The largest absolute Gasteiger partial charge is 0.465 e. The van der Waals surface area contributed by atoms with Gasteiger partial charge in [-0.05, 0) is 56.5 Å². The third-order valence-corrected chi connectivity index (χ3v) is 7.39. The van der Waals surface area contributed by atoms with Crippen LogP contribution in [0.2, 0.25) is 0 Å². The van der Waals surface area contributed by atoms with Crippen LogP contribution in [0.4, 0.5) is 5.69 Å². The van der Waals surface area contributed by atoms with Gasteiger partial charge in [-0.25, -0.2) is 13.2 Å². The van der Waals surface area contributed by atoms with Crippen molar-refractivity contribution in [1.29, 1.82) is 0 Å². The maximum Gasteiger partial charge on any atom is 0.339 e. The van der Waals surface area contributed by atoms with E-state index in [-0.39, 0.29) is 22.1 Å². The second-order valence-corrected chi connectivity index (χ2v) is 9.32. The van der Waals surface area contributed by atoms with Crippen LogP contribution >= 0.6 is 0 Å². The molecule has 1 fully saturated rings. The molecule has 0 aliphatic carbocycles. The first-order valence-corrected chi connectivity index (χ1v) is 11.3. The number of para-hydroxylation sites is 1. The zero-order chi connectivity index (χ0) is 21.9. The average molecular weight is 431 g/mol. The molecule has 7 nitrogen and oxygen atoms in total. The van der Waals surface area contributed by atoms with Gasteiger partial charge in [0.15, 0.2) is 0 Å². The molecule has 3 rings (SSSR count). The Morgan fingerprint density at radius 1 is 1.10 bits per heavy atom. The number of methoxy groups -OCH3 is 1. The molecule has 1 amide bonds. The molecular formula is C22H26N2O5S. The van der Waals surface area contributed by atoms with Gasteiger partial charge in [0.2, 0.25) is 10.0 Å². The maximum atomic E-state index is 13.2. The molecule has 2 aromatic rings. The molecule has 1 unspecified atom stereocenters. The van der Waals surface area contributed by atoms with Gasteiger partial charge >= 0.3 is 5.97 Å². The third-order valence-electron chi connectivity index (χ3n) is 5.38. The molecule has 1 atom stereocenters. The normalized spacial score (nSPS) is 17.4. The van der Waals surface area contributed by atoms with Crippen molar-refractivity contribution in [2.24, 2.45) is 0 Å². The molecule has 1 aliphatic heterocycles. The number of nitrogens with one attached hydrogen (secondary N) is 1. The second kappa shape index (κ2) is 8.97. The summed E-state index contributed by atoms with van der Waals surface area (Å²) >= 11 is 0. The molecule has 0 aromatic heterocycles. The minimum absolute atomic E-state index is 0.0748.